The maximum absolute atomic E-state index is 12.2. The first kappa shape index (κ1) is 17.8. The highest BCUT2D eigenvalue weighted by atomic mass is 16.3. The summed E-state index contributed by atoms with van der Waals surface area (Å²) in [6.45, 7) is 6.85. The van der Waals surface area contributed by atoms with Gasteiger partial charge in [-0.3, -0.25) is 9.59 Å². The van der Waals surface area contributed by atoms with Crippen molar-refractivity contribution >= 4 is 17.5 Å². The van der Waals surface area contributed by atoms with Crippen LogP contribution in [-0.2, 0) is 0 Å². The second-order valence-electron chi connectivity index (χ2n) is 6.25. The monoisotopic (exact) mass is 328 g/mol. The Balaban J connectivity index is 1.99. The molecule has 5 heteroatoms. The third-order valence-electron chi connectivity index (χ3n) is 3.74. The van der Waals surface area contributed by atoms with E-state index < -0.39 is 0 Å². The van der Waals surface area contributed by atoms with Crippen LogP contribution in [-0.4, -0.2) is 18.4 Å². The van der Waals surface area contributed by atoms with Gasteiger partial charge in [-0.15, -0.1) is 0 Å². The molecule has 0 saturated heterocycles. The molecule has 0 radical (unpaired) electrons. The van der Waals surface area contributed by atoms with Crippen LogP contribution in [0.5, 0.6) is 0 Å². The van der Waals surface area contributed by atoms with Gasteiger partial charge >= 0.3 is 0 Å². The molecule has 0 bridgehead atoms. The van der Waals surface area contributed by atoms with E-state index in [4.69, 9.17) is 4.42 Å². The topological polar surface area (TPSA) is 71.3 Å². The minimum atomic E-state index is -0.336. The fourth-order valence-corrected chi connectivity index (χ4v) is 2.30. The van der Waals surface area contributed by atoms with Gasteiger partial charge in [0.2, 0.25) is 0 Å². The number of benzene rings is 1. The van der Waals surface area contributed by atoms with Crippen molar-refractivity contribution in [1.29, 1.82) is 0 Å². The smallest absolute Gasteiger partial charge is 0.291 e. The second-order valence-corrected chi connectivity index (χ2v) is 6.25. The molecule has 2 amide bonds. The maximum atomic E-state index is 12.2. The van der Waals surface area contributed by atoms with Crippen LogP contribution in [0.1, 0.15) is 53.2 Å². The van der Waals surface area contributed by atoms with Crippen molar-refractivity contribution in [2.24, 2.45) is 5.92 Å². The zero-order valence-electron chi connectivity index (χ0n) is 14.4. The number of furan rings is 1. The Morgan fingerprint density at radius 2 is 1.96 bits per heavy atom. The van der Waals surface area contributed by atoms with Crippen LogP contribution in [0.3, 0.4) is 0 Å². The highest BCUT2D eigenvalue weighted by Crippen LogP contribution is 2.18. The molecule has 0 aliphatic rings. The van der Waals surface area contributed by atoms with Crippen molar-refractivity contribution in [3.8, 4) is 0 Å². The highest BCUT2D eigenvalue weighted by Gasteiger charge is 2.12. The summed E-state index contributed by atoms with van der Waals surface area (Å²) in [7, 11) is 0. The minimum Gasteiger partial charge on any atom is -0.459 e. The predicted octanol–water partition coefficient (Wildman–Crippen LogP) is 4.01. The SMILES string of the molecule is Cc1ccc(C(=O)NCCCC(C)C)cc1NC(=O)c1ccco1. The fraction of sp³-hybridized carbons (Fsp3) is 0.368. The lowest BCUT2D eigenvalue weighted by Crippen LogP contribution is -2.25. The number of hydrogen-bond donors (Lipinski definition) is 2. The van der Waals surface area contributed by atoms with Gasteiger partial charge < -0.3 is 15.1 Å². The molecule has 1 aromatic heterocycles. The van der Waals surface area contributed by atoms with Crippen LogP contribution in [0.4, 0.5) is 5.69 Å². The zero-order chi connectivity index (χ0) is 17.5. The Kier molecular flexibility index (Phi) is 6.18. The van der Waals surface area contributed by atoms with Gasteiger partial charge in [-0.25, -0.2) is 0 Å². The lowest BCUT2D eigenvalue weighted by Gasteiger charge is -2.11. The van der Waals surface area contributed by atoms with Crippen molar-refractivity contribution < 1.29 is 14.0 Å². The average molecular weight is 328 g/mol. The van der Waals surface area contributed by atoms with Gasteiger partial charge in [0.05, 0.1) is 6.26 Å². The van der Waals surface area contributed by atoms with E-state index in [0.29, 0.717) is 23.7 Å². The van der Waals surface area contributed by atoms with Gasteiger partial charge in [0.15, 0.2) is 5.76 Å². The Hall–Kier alpha value is -2.56. The third kappa shape index (κ3) is 4.98. The quantitative estimate of drug-likeness (QED) is 0.754. The van der Waals surface area contributed by atoms with Crippen LogP contribution in [0.15, 0.2) is 41.0 Å². The van der Waals surface area contributed by atoms with Crippen LogP contribution in [0.25, 0.3) is 0 Å². The first-order valence-corrected chi connectivity index (χ1v) is 8.21. The number of carbonyl (C=O) groups is 2. The Morgan fingerprint density at radius 1 is 1.17 bits per heavy atom. The zero-order valence-corrected chi connectivity index (χ0v) is 14.4. The van der Waals surface area contributed by atoms with Gasteiger partial charge in [-0.2, -0.15) is 0 Å². The largest absolute Gasteiger partial charge is 0.459 e. The van der Waals surface area contributed by atoms with Crippen molar-refractivity contribution in [2.75, 3.05) is 11.9 Å². The van der Waals surface area contributed by atoms with Gasteiger partial charge in [0, 0.05) is 17.8 Å². The number of rotatable bonds is 7. The Morgan fingerprint density at radius 3 is 2.62 bits per heavy atom. The van der Waals surface area contributed by atoms with E-state index in [1.54, 1.807) is 24.3 Å². The molecule has 128 valence electrons. The first-order valence-electron chi connectivity index (χ1n) is 8.21. The number of amides is 2. The predicted molar refractivity (Wildman–Crippen MR) is 94.2 cm³/mol. The Labute approximate surface area is 142 Å². The molecule has 2 aromatic rings. The number of carbonyl (C=O) groups excluding carboxylic acids is 2. The molecule has 2 rings (SSSR count). The summed E-state index contributed by atoms with van der Waals surface area (Å²) in [5, 5.41) is 5.69. The molecular weight excluding hydrogens is 304 g/mol. The molecule has 0 saturated carbocycles. The van der Waals surface area contributed by atoms with E-state index in [0.717, 1.165) is 18.4 Å². The molecule has 1 aromatic carbocycles. The number of hydrogen-bond acceptors (Lipinski definition) is 3. The molecule has 0 unspecified atom stereocenters. The number of nitrogens with one attached hydrogen (secondary N) is 2. The summed E-state index contributed by atoms with van der Waals surface area (Å²) < 4.78 is 5.08. The second kappa shape index (κ2) is 8.34. The summed E-state index contributed by atoms with van der Waals surface area (Å²) >= 11 is 0. The van der Waals surface area contributed by atoms with E-state index in [-0.39, 0.29) is 17.6 Å². The summed E-state index contributed by atoms with van der Waals surface area (Å²) in [6, 6.07) is 8.52. The number of aryl methyl sites for hydroxylation is 1. The molecule has 0 atom stereocenters. The maximum Gasteiger partial charge on any atom is 0.291 e. The molecular formula is C19H24N2O3. The summed E-state index contributed by atoms with van der Waals surface area (Å²) in [5.41, 5.74) is 2.01. The van der Waals surface area contributed by atoms with Crippen LogP contribution < -0.4 is 10.6 Å². The standard InChI is InChI=1S/C19H24N2O3/c1-13(2)6-4-10-20-18(22)15-9-8-14(3)16(12-15)21-19(23)17-7-5-11-24-17/h5,7-9,11-13H,4,6,10H2,1-3H3,(H,20,22)(H,21,23). The van der Waals surface area contributed by atoms with Crippen molar-refractivity contribution in [1.82, 2.24) is 5.32 Å². The first-order chi connectivity index (χ1) is 11.5. The molecule has 1 heterocycles. The highest BCUT2D eigenvalue weighted by molar-refractivity contribution is 6.03. The van der Waals surface area contributed by atoms with Crippen LogP contribution >= 0.6 is 0 Å². The van der Waals surface area contributed by atoms with Gasteiger partial charge in [-0.05, 0) is 55.5 Å². The molecule has 24 heavy (non-hydrogen) atoms. The number of anilines is 1. The van der Waals surface area contributed by atoms with E-state index in [2.05, 4.69) is 24.5 Å². The summed E-state index contributed by atoms with van der Waals surface area (Å²) in [4.78, 5) is 24.3. The fourth-order valence-electron chi connectivity index (χ4n) is 2.30. The summed E-state index contributed by atoms with van der Waals surface area (Å²) in [6.07, 6.45) is 3.48. The Bertz CT molecular complexity index is 691. The average Bonchev–Trinajstić information content (AvgIpc) is 3.07. The van der Waals surface area contributed by atoms with E-state index >= 15 is 0 Å². The molecule has 0 aliphatic carbocycles. The van der Waals surface area contributed by atoms with E-state index in [1.165, 1.54) is 6.26 Å². The summed E-state index contributed by atoms with van der Waals surface area (Å²) in [5.74, 6) is 0.396. The van der Waals surface area contributed by atoms with Crippen molar-refractivity contribution in [2.45, 2.75) is 33.6 Å². The normalized spacial score (nSPS) is 10.7. The van der Waals surface area contributed by atoms with Crippen LogP contribution in [0, 0.1) is 12.8 Å². The van der Waals surface area contributed by atoms with Gasteiger partial charge in [-0.1, -0.05) is 19.9 Å². The van der Waals surface area contributed by atoms with Gasteiger partial charge in [0.25, 0.3) is 11.8 Å². The molecule has 0 fully saturated rings. The van der Waals surface area contributed by atoms with E-state index in [9.17, 15) is 9.59 Å². The molecule has 2 N–H and O–H groups in total. The molecule has 0 aliphatic heterocycles. The lowest BCUT2D eigenvalue weighted by atomic mass is 10.1. The minimum absolute atomic E-state index is 0.132. The molecule has 0 spiro atoms. The van der Waals surface area contributed by atoms with Gasteiger partial charge in [0.1, 0.15) is 0 Å². The van der Waals surface area contributed by atoms with Crippen molar-refractivity contribution in [3.63, 3.8) is 0 Å². The lowest BCUT2D eigenvalue weighted by molar-refractivity contribution is 0.0950. The van der Waals surface area contributed by atoms with E-state index in [1.807, 2.05) is 13.0 Å². The third-order valence-corrected chi connectivity index (χ3v) is 3.74. The van der Waals surface area contributed by atoms with Crippen molar-refractivity contribution in [3.05, 3.63) is 53.5 Å². The molecule has 5 nitrogen and oxygen atoms in total. The van der Waals surface area contributed by atoms with Crippen LogP contribution in [0.2, 0.25) is 0 Å².